The first-order chi connectivity index (χ1) is 8.26. The standard InChI is InChI=1S/C10H13NO7/c1-10(2)17-8(15)5(9(16)18-10)3-11-6(4-12)7(13)14/h3,5-6,12H,4H2,1-2H3,(H,13,14)/t6-/m0/s1. The zero-order valence-electron chi connectivity index (χ0n) is 9.82. The fourth-order valence-corrected chi connectivity index (χ4v) is 1.23. The fourth-order valence-electron chi connectivity index (χ4n) is 1.23. The summed E-state index contributed by atoms with van der Waals surface area (Å²) in [6.45, 7) is 2.04. The number of hydrogen-bond acceptors (Lipinski definition) is 7. The maximum Gasteiger partial charge on any atom is 0.330 e. The van der Waals surface area contributed by atoms with Crippen LogP contribution in [-0.2, 0) is 23.9 Å². The minimum absolute atomic E-state index is 0.742. The molecule has 8 nitrogen and oxygen atoms in total. The van der Waals surface area contributed by atoms with E-state index in [0.717, 1.165) is 6.21 Å². The van der Waals surface area contributed by atoms with Gasteiger partial charge >= 0.3 is 17.9 Å². The van der Waals surface area contributed by atoms with Gasteiger partial charge in [0.2, 0.25) is 0 Å². The van der Waals surface area contributed by atoms with Crippen LogP contribution < -0.4 is 0 Å². The van der Waals surface area contributed by atoms with Crippen molar-refractivity contribution in [2.75, 3.05) is 6.61 Å². The highest BCUT2D eigenvalue weighted by atomic mass is 16.7. The zero-order chi connectivity index (χ0) is 13.9. The average molecular weight is 259 g/mol. The molecule has 0 aliphatic carbocycles. The second-order valence-corrected chi connectivity index (χ2v) is 4.05. The van der Waals surface area contributed by atoms with Crippen LogP contribution in [0.3, 0.4) is 0 Å². The molecule has 1 rings (SSSR count). The van der Waals surface area contributed by atoms with Gasteiger partial charge in [-0.2, -0.15) is 0 Å². The molecule has 2 N–H and O–H groups in total. The van der Waals surface area contributed by atoms with Crippen LogP contribution >= 0.6 is 0 Å². The minimum atomic E-state index is -1.43. The van der Waals surface area contributed by atoms with Crippen molar-refractivity contribution < 1.29 is 34.1 Å². The van der Waals surface area contributed by atoms with E-state index in [-0.39, 0.29) is 0 Å². The molecule has 0 radical (unpaired) electrons. The summed E-state index contributed by atoms with van der Waals surface area (Å²) in [5, 5.41) is 17.3. The summed E-state index contributed by atoms with van der Waals surface area (Å²) in [6.07, 6.45) is 0.814. The number of rotatable bonds is 4. The van der Waals surface area contributed by atoms with Crippen LogP contribution in [0.25, 0.3) is 0 Å². The number of carbonyl (C=O) groups excluding carboxylic acids is 2. The predicted octanol–water partition coefficient (Wildman–Crippen LogP) is -1.04. The van der Waals surface area contributed by atoms with Crippen molar-refractivity contribution in [2.24, 2.45) is 10.9 Å². The molecule has 0 aromatic rings. The van der Waals surface area contributed by atoms with Crippen molar-refractivity contribution in [3.05, 3.63) is 0 Å². The predicted molar refractivity (Wildman–Crippen MR) is 56.8 cm³/mol. The van der Waals surface area contributed by atoms with Gasteiger partial charge in [-0.3, -0.25) is 14.6 Å². The number of hydrogen-bond donors (Lipinski definition) is 2. The summed E-state index contributed by atoms with van der Waals surface area (Å²) in [6, 6.07) is -1.43. The van der Waals surface area contributed by atoms with E-state index in [9.17, 15) is 14.4 Å². The van der Waals surface area contributed by atoms with E-state index in [1.54, 1.807) is 0 Å². The third kappa shape index (κ3) is 3.27. The molecule has 1 aliphatic heterocycles. The quantitative estimate of drug-likeness (QED) is 0.375. The van der Waals surface area contributed by atoms with Crippen LogP contribution in [-0.4, -0.2) is 52.8 Å². The molecule has 1 atom stereocenters. The molecule has 0 saturated carbocycles. The Morgan fingerprint density at radius 2 is 1.94 bits per heavy atom. The highest BCUT2D eigenvalue weighted by Gasteiger charge is 2.42. The van der Waals surface area contributed by atoms with Gasteiger partial charge in [-0.1, -0.05) is 0 Å². The SMILES string of the molecule is CC1(C)OC(=O)C(C=N[C@@H](CO)C(=O)O)C(=O)O1. The van der Waals surface area contributed by atoms with Crippen molar-refractivity contribution in [1.82, 2.24) is 0 Å². The van der Waals surface area contributed by atoms with Crippen LogP contribution in [0.15, 0.2) is 4.99 Å². The first-order valence-electron chi connectivity index (χ1n) is 5.09. The second kappa shape index (κ2) is 5.13. The topological polar surface area (TPSA) is 122 Å². The molecular weight excluding hydrogens is 246 g/mol. The lowest BCUT2D eigenvalue weighted by molar-refractivity contribution is -0.235. The molecular formula is C10H13NO7. The summed E-state index contributed by atoms with van der Waals surface area (Å²) in [5.41, 5.74) is 0. The number of aliphatic carboxylic acids is 1. The van der Waals surface area contributed by atoms with E-state index in [1.807, 2.05) is 0 Å². The van der Waals surface area contributed by atoms with E-state index in [4.69, 9.17) is 19.7 Å². The largest absolute Gasteiger partial charge is 0.480 e. The van der Waals surface area contributed by atoms with E-state index in [2.05, 4.69) is 4.99 Å². The Kier molecular flexibility index (Phi) is 4.02. The van der Waals surface area contributed by atoms with Gasteiger partial charge in [-0.15, -0.1) is 0 Å². The summed E-state index contributed by atoms with van der Waals surface area (Å²) >= 11 is 0. The molecule has 18 heavy (non-hydrogen) atoms. The van der Waals surface area contributed by atoms with Crippen LogP contribution in [0.1, 0.15) is 13.8 Å². The van der Waals surface area contributed by atoms with Gasteiger partial charge in [0.1, 0.15) is 0 Å². The maximum atomic E-state index is 11.5. The van der Waals surface area contributed by atoms with Crippen LogP contribution in [0.5, 0.6) is 0 Å². The molecule has 0 bridgehead atoms. The molecule has 0 aromatic carbocycles. The molecule has 8 heteroatoms. The monoisotopic (exact) mass is 259 g/mol. The van der Waals surface area contributed by atoms with Gasteiger partial charge in [0.25, 0.3) is 5.79 Å². The first-order valence-corrected chi connectivity index (χ1v) is 5.09. The molecule has 1 saturated heterocycles. The zero-order valence-corrected chi connectivity index (χ0v) is 9.82. The Morgan fingerprint density at radius 3 is 2.33 bits per heavy atom. The number of aliphatic hydroxyl groups is 1. The Bertz CT molecular complexity index is 381. The lowest BCUT2D eigenvalue weighted by Crippen LogP contribution is -2.47. The Balaban J connectivity index is 2.79. The molecule has 0 amide bonds. The van der Waals surface area contributed by atoms with Crippen molar-refractivity contribution in [3.63, 3.8) is 0 Å². The molecule has 1 fully saturated rings. The maximum absolute atomic E-state index is 11.5. The lowest BCUT2D eigenvalue weighted by Gasteiger charge is -2.31. The molecule has 100 valence electrons. The average Bonchev–Trinajstić information content (AvgIpc) is 2.20. The number of esters is 2. The first kappa shape index (κ1) is 14.1. The second-order valence-electron chi connectivity index (χ2n) is 4.05. The van der Waals surface area contributed by atoms with Crippen molar-refractivity contribution in [3.8, 4) is 0 Å². The number of aliphatic imine (C=N–C) groups is 1. The van der Waals surface area contributed by atoms with Crippen molar-refractivity contribution >= 4 is 24.1 Å². The summed E-state index contributed by atoms with van der Waals surface area (Å²) in [5.74, 6) is -5.87. The summed E-state index contributed by atoms with van der Waals surface area (Å²) < 4.78 is 9.60. The van der Waals surface area contributed by atoms with E-state index in [1.165, 1.54) is 13.8 Å². The molecule has 0 aromatic heterocycles. The van der Waals surface area contributed by atoms with Crippen molar-refractivity contribution in [1.29, 1.82) is 0 Å². The van der Waals surface area contributed by atoms with Crippen LogP contribution in [0, 0.1) is 5.92 Å². The van der Waals surface area contributed by atoms with Crippen LogP contribution in [0.4, 0.5) is 0 Å². The Hall–Kier alpha value is -1.96. The normalized spacial score (nSPS) is 21.5. The third-order valence-electron chi connectivity index (χ3n) is 2.07. The number of aliphatic hydroxyl groups excluding tert-OH is 1. The molecule has 0 spiro atoms. The smallest absolute Gasteiger partial charge is 0.330 e. The van der Waals surface area contributed by atoms with Gasteiger partial charge in [-0.05, 0) is 0 Å². The highest BCUT2D eigenvalue weighted by molar-refractivity contribution is 6.10. The van der Waals surface area contributed by atoms with Gasteiger partial charge in [0, 0.05) is 20.1 Å². The third-order valence-corrected chi connectivity index (χ3v) is 2.07. The minimum Gasteiger partial charge on any atom is -0.480 e. The van der Waals surface area contributed by atoms with E-state index < -0.39 is 42.3 Å². The number of carbonyl (C=O) groups is 3. The number of ether oxygens (including phenoxy) is 2. The Labute approximate surface area is 102 Å². The number of carboxylic acid groups (broad SMARTS) is 1. The lowest BCUT2D eigenvalue weighted by atomic mass is 10.1. The van der Waals surface area contributed by atoms with E-state index in [0.29, 0.717) is 0 Å². The molecule has 1 aliphatic rings. The summed E-state index contributed by atoms with van der Waals surface area (Å²) in [4.78, 5) is 36.9. The van der Waals surface area contributed by atoms with Crippen LogP contribution in [0.2, 0.25) is 0 Å². The number of nitrogens with zero attached hydrogens (tertiary/aromatic N) is 1. The van der Waals surface area contributed by atoms with Gasteiger partial charge in [-0.25, -0.2) is 4.79 Å². The molecule has 1 heterocycles. The molecule has 0 unspecified atom stereocenters. The highest BCUT2D eigenvalue weighted by Crippen LogP contribution is 2.22. The Morgan fingerprint density at radius 1 is 1.44 bits per heavy atom. The number of carboxylic acids is 1. The summed E-state index contributed by atoms with van der Waals surface area (Å²) in [7, 11) is 0. The van der Waals surface area contributed by atoms with Crippen molar-refractivity contribution in [2.45, 2.75) is 25.7 Å². The van der Waals surface area contributed by atoms with Gasteiger partial charge in [0.15, 0.2) is 12.0 Å². The fraction of sp³-hybridized carbons (Fsp3) is 0.600. The van der Waals surface area contributed by atoms with Gasteiger partial charge < -0.3 is 19.7 Å². The number of cyclic esters (lactones) is 2. The van der Waals surface area contributed by atoms with Gasteiger partial charge in [0.05, 0.1) is 6.61 Å². The van der Waals surface area contributed by atoms with E-state index >= 15 is 0 Å².